The van der Waals surface area contributed by atoms with Gasteiger partial charge in [-0.25, -0.2) is 0 Å². The Morgan fingerprint density at radius 2 is 1.45 bits per heavy atom. The number of aromatic hydroxyl groups is 1. The molecule has 2 heteroatoms. The van der Waals surface area contributed by atoms with Gasteiger partial charge in [-0.2, -0.15) is 0 Å². The van der Waals surface area contributed by atoms with Gasteiger partial charge < -0.3 is 9.84 Å². The fourth-order valence-corrected chi connectivity index (χ4v) is 2.37. The lowest BCUT2D eigenvalue weighted by Crippen LogP contribution is -2.18. The predicted molar refractivity (Wildman–Crippen MR) is 91.6 cm³/mol. The van der Waals surface area contributed by atoms with Crippen LogP contribution in [0.3, 0.4) is 0 Å². The Morgan fingerprint density at radius 3 is 1.95 bits per heavy atom. The van der Waals surface area contributed by atoms with Crippen molar-refractivity contribution in [2.45, 2.75) is 39.5 Å². The first kappa shape index (κ1) is 16.4. The largest absolute Gasteiger partial charge is 0.508 e. The summed E-state index contributed by atoms with van der Waals surface area (Å²) in [6.45, 7) is 9.51. The number of benzene rings is 2. The van der Waals surface area contributed by atoms with Crippen LogP contribution in [0.4, 0.5) is 0 Å². The lowest BCUT2D eigenvalue weighted by Gasteiger charge is -2.26. The summed E-state index contributed by atoms with van der Waals surface area (Å²) in [7, 11) is 0. The molecule has 22 heavy (non-hydrogen) atoms. The van der Waals surface area contributed by atoms with E-state index in [0.29, 0.717) is 11.7 Å². The summed E-state index contributed by atoms with van der Waals surface area (Å²) < 4.78 is 5.81. The van der Waals surface area contributed by atoms with Crippen molar-refractivity contribution in [3.8, 4) is 11.5 Å². The van der Waals surface area contributed by atoms with Gasteiger partial charge in [0.05, 0.1) is 6.61 Å². The van der Waals surface area contributed by atoms with Crippen LogP contribution in [0.25, 0.3) is 0 Å². The Balaban J connectivity index is 2.13. The summed E-state index contributed by atoms with van der Waals surface area (Å²) in [4.78, 5) is 0. The van der Waals surface area contributed by atoms with E-state index < -0.39 is 0 Å². The van der Waals surface area contributed by atoms with Crippen molar-refractivity contribution >= 4 is 0 Å². The van der Waals surface area contributed by atoms with E-state index in [1.54, 1.807) is 12.1 Å². The highest BCUT2D eigenvalue weighted by atomic mass is 16.5. The first-order chi connectivity index (χ1) is 10.4. The first-order valence-corrected chi connectivity index (χ1v) is 7.96. The summed E-state index contributed by atoms with van der Waals surface area (Å²) in [5.74, 6) is 1.80. The van der Waals surface area contributed by atoms with E-state index in [4.69, 9.17) is 4.74 Å². The molecule has 0 unspecified atom stereocenters. The molecule has 2 nitrogen and oxygen atoms in total. The summed E-state index contributed by atoms with van der Waals surface area (Å²) in [6, 6.07) is 15.8. The van der Waals surface area contributed by atoms with Gasteiger partial charge in [0, 0.05) is 5.41 Å². The lowest BCUT2D eigenvalue weighted by atomic mass is 9.78. The number of hydrogen-bond acceptors (Lipinski definition) is 2. The van der Waals surface area contributed by atoms with Gasteiger partial charge >= 0.3 is 0 Å². The average Bonchev–Trinajstić information content (AvgIpc) is 2.53. The van der Waals surface area contributed by atoms with Crippen LogP contribution in [0, 0.1) is 5.92 Å². The summed E-state index contributed by atoms with van der Waals surface area (Å²) in [6.07, 6.45) is 1.13. The number of rotatable bonds is 6. The molecule has 2 rings (SSSR count). The number of phenols is 1. The van der Waals surface area contributed by atoms with Crippen molar-refractivity contribution in [1.29, 1.82) is 0 Å². The molecule has 2 aromatic carbocycles. The monoisotopic (exact) mass is 298 g/mol. The average molecular weight is 298 g/mol. The van der Waals surface area contributed by atoms with E-state index in [1.807, 2.05) is 24.3 Å². The molecule has 0 saturated heterocycles. The minimum absolute atomic E-state index is 0.108. The second kappa shape index (κ2) is 6.87. The molecule has 0 aliphatic carbocycles. The third kappa shape index (κ3) is 3.82. The molecule has 0 radical (unpaired) electrons. The summed E-state index contributed by atoms with van der Waals surface area (Å²) in [5, 5.41) is 9.44. The molecule has 0 amide bonds. The molecule has 1 atom stereocenters. The fraction of sp³-hybridized carbons (Fsp3) is 0.400. The van der Waals surface area contributed by atoms with Crippen LogP contribution in [0.2, 0.25) is 0 Å². The minimum atomic E-state index is -0.108. The SMILES string of the molecule is CC[C@@H](C)COc1ccc(C(C)(C)c2ccc(O)cc2)cc1. The van der Waals surface area contributed by atoms with Gasteiger partial charge in [-0.05, 0) is 41.3 Å². The molecule has 0 aromatic heterocycles. The van der Waals surface area contributed by atoms with Gasteiger partial charge in [-0.1, -0.05) is 58.4 Å². The van der Waals surface area contributed by atoms with Crippen molar-refractivity contribution in [2.24, 2.45) is 5.92 Å². The van der Waals surface area contributed by atoms with Crippen LogP contribution < -0.4 is 4.74 Å². The molecule has 2 aromatic rings. The molecular weight excluding hydrogens is 272 g/mol. The van der Waals surface area contributed by atoms with E-state index in [-0.39, 0.29) is 5.41 Å². The van der Waals surface area contributed by atoms with Crippen LogP contribution in [-0.2, 0) is 5.41 Å². The van der Waals surface area contributed by atoms with Crippen LogP contribution in [-0.4, -0.2) is 11.7 Å². The van der Waals surface area contributed by atoms with Gasteiger partial charge in [0.25, 0.3) is 0 Å². The van der Waals surface area contributed by atoms with Gasteiger partial charge in [-0.15, -0.1) is 0 Å². The highest BCUT2D eigenvalue weighted by Crippen LogP contribution is 2.33. The highest BCUT2D eigenvalue weighted by molar-refractivity contribution is 5.41. The van der Waals surface area contributed by atoms with Gasteiger partial charge in [0.1, 0.15) is 11.5 Å². The summed E-state index contributed by atoms with van der Waals surface area (Å²) in [5.41, 5.74) is 2.30. The molecule has 0 fully saturated rings. The van der Waals surface area contributed by atoms with Gasteiger partial charge in [0.2, 0.25) is 0 Å². The number of ether oxygens (including phenoxy) is 1. The van der Waals surface area contributed by atoms with E-state index in [9.17, 15) is 5.11 Å². The smallest absolute Gasteiger partial charge is 0.119 e. The van der Waals surface area contributed by atoms with E-state index >= 15 is 0 Å². The van der Waals surface area contributed by atoms with E-state index in [1.165, 1.54) is 11.1 Å². The molecule has 0 aliphatic heterocycles. The normalized spacial score (nSPS) is 12.9. The summed E-state index contributed by atoms with van der Waals surface area (Å²) >= 11 is 0. The van der Waals surface area contributed by atoms with Crippen LogP contribution in [0.5, 0.6) is 11.5 Å². The maximum absolute atomic E-state index is 9.44. The van der Waals surface area contributed by atoms with Crippen LogP contribution >= 0.6 is 0 Å². The van der Waals surface area contributed by atoms with Crippen molar-refractivity contribution in [1.82, 2.24) is 0 Å². The quantitative estimate of drug-likeness (QED) is 0.800. The number of phenolic OH excluding ortho intramolecular Hbond substituents is 1. The fourth-order valence-electron chi connectivity index (χ4n) is 2.37. The first-order valence-electron chi connectivity index (χ1n) is 7.96. The zero-order valence-corrected chi connectivity index (χ0v) is 14.0. The Labute approximate surface area is 133 Å². The van der Waals surface area contributed by atoms with E-state index in [2.05, 4.69) is 39.8 Å². The Hall–Kier alpha value is -1.96. The number of hydrogen-bond donors (Lipinski definition) is 1. The van der Waals surface area contributed by atoms with Crippen LogP contribution in [0.1, 0.15) is 45.2 Å². The molecule has 0 spiro atoms. The Kier molecular flexibility index (Phi) is 5.12. The molecule has 0 bridgehead atoms. The lowest BCUT2D eigenvalue weighted by molar-refractivity contribution is 0.256. The second-order valence-corrected chi connectivity index (χ2v) is 6.52. The minimum Gasteiger partial charge on any atom is -0.508 e. The van der Waals surface area contributed by atoms with Crippen molar-refractivity contribution in [2.75, 3.05) is 6.61 Å². The van der Waals surface area contributed by atoms with Crippen molar-refractivity contribution < 1.29 is 9.84 Å². The van der Waals surface area contributed by atoms with E-state index in [0.717, 1.165) is 18.8 Å². The van der Waals surface area contributed by atoms with Gasteiger partial charge in [0.15, 0.2) is 0 Å². The molecule has 0 heterocycles. The van der Waals surface area contributed by atoms with Crippen LogP contribution in [0.15, 0.2) is 48.5 Å². The molecule has 0 aliphatic rings. The van der Waals surface area contributed by atoms with Gasteiger partial charge in [-0.3, -0.25) is 0 Å². The van der Waals surface area contributed by atoms with Crippen molar-refractivity contribution in [3.63, 3.8) is 0 Å². The standard InChI is InChI=1S/C20H26O2/c1-5-15(2)14-22-19-12-8-17(9-13-19)20(3,4)16-6-10-18(21)11-7-16/h6-13,15,21H,5,14H2,1-4H3/t15-/m1/s1. The molecule has 0 saturated carbocycles. The third-order valence-corrected chi connectivity index (χ3v) is 4.40. The molecular formula is C20H26O2. The second-order valence-electron chi connectivity index (χ2n) is 6.52. The molecule has 118 valence electrons. The van der Waals surface area contributed by atoms with Crippen molar-refractivity contribution in [3.05, 3.63) is 59.7 Å². The molecule has 1 N–H and O–H groups in total. The highest BCUT2D eigenvalue weighted by Gasteiger charge is 2.23. The predicted octanol–water partition coefficient (Wildman–Crippen LogP) is 5.14. The maximum atomic E-state index is 9.44. The zero-order chi connectivity index (χ0) is 16.2. The Morgan fingerprint density at radius 1 is 0.955 bits per heavy atom. The zero-order valence-electron chi connectivity index (χ0n) is 14.0. The topological polar surface area (TPSA) is 29.5 Å². The maximum Gasteiger partial charge on any atom is 0.119 e. The third-order valence-electron chi connectivity index (χ3n) is 4.40. The Bertz CT molecular complexity index is 582.